The third-order valence-electron chi connectivity index (χ3n) is 9.12. The molecular weight excluding hydrogens is 680 g/mol. The molecule has 5 aromatic rings. The Morgan fingerprint density at radius 2 is 1.73 bits per heavy atom. The highest BCUT2D eigenvalue weighted by Gasteiger charge is 2.27. The lowest BCUT2D eigenvalue weighted by atomic mass is 10.0. The average Bonchev–Trinajstić information content (AvgIpc) is 3.55. The van der Waals surface area contributed by atoms with Crippen molar-refractivity contribution in [2.24, 2.45) is 7.05 Å². The first kappa shape index (κ1) is 35.0. The fourth-order valence-electron chi connectivity index (χ4n) is 6.73. The Morgan fingerprint density at radius 1 is 0.959 bits per heavy atom. The molecule has 2 fully saturated rings. The topological polar surface area (TPSA) is 121 Å². The van der Waals surface area contributed by atoms with Gasteiger partial charge in [-0.3, -0.25) is 19.5 Å². The smallest absolute Gasteiger partial charge is 0.229 e. The highest BCUT2D eigenvalue weighted by Crippen LogP contribution is 2.41. The second-order valence-electron chi connectivity index (χ2n) is 12.4. The molecule has 0 spiro atoms. The summed E-state index contributed by atoms with van der Waals surface area (Å²) in [4.78, 5) is 23.6. The van der Waals surface area contributed by atoms with Crippen LogP contribution in [0, 0.1) is 0 Å². The maximum Gasteiger partial charge on any atom is 0.229 e. The first-order valence-corrected chi connectivity index (χ1v) is 18.9. The van der Waals surface area contributed by atoms with E-state index in [-0.39, 0.29) is 12.4 Å². The van der Waals surface area contributed by atoms with Crippen LogP contribution in [0.15, 0.2) is 55.2 Å². The van der Waals surface area contributed by atoms with Crippen molar-refractivity contribution < 1.29 is 4.74 Å². The summed E-state index contributed by atoms with van der Waals surface area (Å²) in [5, 5.41) is 16.4. The quantitative estimate of drug-likeness (QED) is 0.164. The summed E-state index contributed by atoms with van der Waals surface area (Å²) in [7, 11) is 3.11. The van der Waals surface area contributed by atoms with Crippen molar-refractivity contribution in [3.8, 4) is 16.9 Å². The van der Waals surface area contributed by atoms with Gasteiger partial charge in [0.05, 0.1) is 36.2 Å². The van der Waals surface area contributed by atoms with Crippen LogP contribution in [0.5, 0.6) is 5.75 Å². The minimum atomic E-state index is -0.515. The number of hydrogen-bond donors (Lipinski definition) is 3. The Morgan fingerprint density at radius 3 is 2.45 bits per heavy atom. The number of methoxy groups -OCH3 is 1. The Bertz CT molecular complexity index is 1910. The number of piperidine rings is 1. The van der Waals surface area contributed by atoms with E-state index in [1.165, 1.54) is 12.8 Å². The van der Waals surface area contributed by atoms with Gasteiger partial charge in [0.1, 0.15) is 10.8 Å². The number of fused-ring (bicyclic) bond motifs is 1. The molecule has 2 aliphatic heterocycles. The summed E-state index contributed by atoms with van der Waals surface area (Å²) in [5.74, 6) is 1.58. The lowest BCUT2D eigenvalue weighted by Gasteiger charge is -2.42. The Labute approximate surface area is 299 Å². The van der Waals surface area contributed by atoms with Crippen molar-refractivity contribution in [1.82, 2.24) is 39.9 Å². The van der Waals surface area contributed by atoms with Gasteiger partial charge in [-0.2, -0.15) is 10.1 Å². The van der Waals surface area contributed by atoms with Gasteiger partial charge in [-0.15, -0.1) is 12.4 Å². The molecule has 0 saturated carbocycles. The van der Waals surface area contributed by atoms with E-state index in [9.17, 15) is 0 Å². The SMILES string of the molecule is COc1cc(N2CCN(C3CCNCC3)CC2)c(-c2cnn(C)c2)cc1Nc1ncc(Cl)c(Nc2ccc3nccnc3c2P(C)C)n1.Cl. The van der Waals surface area contributed by atoms with Crippen LogP contribution in [0.2, 0.25) is 5.02 Å². The molecule has 5 heterocycles. The third-order valence-corrected chi connectivity index (χ3v) is 10.7. The van der Waals surface area contributed by atoms with E-state index < -0.39 is 7.92 Å². The zero-order valence-electron chi connectivity index (χ0n) is 28.1. The molecule has 0 atom stereocenters. The number of aromatic nitrogens is 6. The number of nitrogens with zero attached hydrogens (tertiary/aromatic N) is 8. The molecule has 258 valence electrons. The third kappa shape index (κ3) is 7.54. The fourth-order valence-corrected chi connectivity index (χ4v) is 8.07. The first-order valence-electron chi connectivity index (χ1n) is 16.3. The molecule has 7 rings (SSSR count). The highest BCUT2D eigenvalue weighted by atomic mass is 35.5. The predicted octanol–water partition coefficient (Wildman–Crippen LogP) is 5.63. The van der Waals surface area contributed by atoms with Gasteiger partial charge >= 0.3 is 0 Å². The number of piperazine rings is 1. The van der Waals surface area contributed by atoms with E-state index in [4.69, 9.17) is 21.3 Å². The molecule has 2 saturated heterocycles. The molecule has 0 bridgehead atoms. The molecular formula is C34H42Cl2N11OP. The van der Waals surface area contributed by atoms with Crippen LogP contribution < -0.4 is 30.9 Å². The van der Waals surface area contributed by atoms with Gasteiger partial charge in [-0.05, 0) is 57.5 Å². The van der Waals surface area contributed by atoms with Crippen LogP contribution >= 0.6 is 31.9 Å². The molecule has 2 aliphatic rings. The number of hydrogen-bond acceptors (Lipinski definition) is 11. The van der Waals surface area contributed by atoms with Crippen molar-refractivity contribution in [3.63, 3.8) is 0 Å². The zero-order valence-corrected chi connectivity index (χ0v) is 30.6. The molecule has 0 unspecified atom stereocenters. The Hall–Kier alpha value is -3.80. The lowest BCUT2D eigenvalue weighted by molar-refractivity contribution is 0.153. The zero-order chi connectivity index (χ0) is 33.2. The molecule has 0 aliphatic carbocycles. The first-order chi connectivity index (χ1) is 23.4. The van der Waals surface area contributed by atoms with Crippen molar-refractivity contribution in [2.45, 2.75) is 18.9 Å². The van der Waals surface area contributed by atoms with Crippen molar-refractivity contribution in [2.75, 3.05) is 75.2 Å². The summed E-state index contributed by atoms with van der Waals surface area (Å²) in [5.41, 5.74) is 6.59. The van der Waals surface area contributed by atoms with Gasteiger partial charge in [0, 0.05) is 91.7 Å². The second kappa shape index (κ2) is 15.4. The number of nitrogens with one attached hydrogen (secondary N) is 3. The van der Waals surface area contributed by atoms with Crippen molar-refractivity contribution in [3.05, 3.63) is 60.3 Å². The number of halogens is 2. The lowest BCUT2D eigenvalue weighted by Crippen LogP contribution is -2.52. The molecule has 0 amide bonds. The summed E-state index contributed by atoms with van der Waals surface area (Å²) in [6.45, 7) is 10.6. The maximum atomic E-state index is 6.65. The van der Waals surface area contributed by atoms with Gasteiger partial charge in [0.25, 0.3) is 0 Å². The monoisotopic (exact) mass is 721 g/mol. The van der Waals surface area contributed by atoms with Gasteiger partial charge in [-0.1, -0.05) is 19.5 Å². The Balaban J connectivity index is 0.00000417. The molecule has 3 aromatic heterocycles. The fraction of sp³-hybridized carbons (Fsp3) is 0.382. The van der Waals surface area contributed by atoms with E-state index in [1.807, 2.05) is 36.3 Å². The van der Waals surface area contributed by atoms with Crippen molar-refractivity contribution in [1.29, 1.82) is 0 Å². The number of ether oxygens (including phenoxy) is 1. The molecule has 12 nitrogen and oxygen atoms in total. The normalized spacial score (nSPS) is 15.8. The minimum Gasteiger partial charge on any atom is -0.494 e. The van der Waals surface area contributed by atoms with E-state index >= 15 is 0 Å². The average molecular weight is 723 g/mol. The highest BCUT2D eigenvalue weighted by molar-refractivity contribution is 7.65. The molecule has 15 heteroatoms. The summed E-state index contributed by atoms with van der Waals surface area (Å²) < 4.78 is 7.79. The van der Waals surface area contributed by atoms with E-state index in [0.717, 1.165) is 83.8 Å². The Kier molecular flexibility index (Phi) is 11.0. The van der Waals surface area contributed by atoms with Crippen LogP contribution in [0.3, 0.4) is 0 Å². The van der Waals surface area contributed by atoms with E-state index in [1.54, 1.807) is 25.7 Å². The van der Waals surface area contributed by atoms with Crippen LogP contribution in [-0.4, -0.2) is 100 Å². The largest absolute Gasteiger partial charge is 0.494 e. The molecule has 2 aromatic carbocycles. The standard InChI is InChI=1S/C34H41ClN11OP.ClH/c1-44-21-22(19-40-44)24-17-28(30(47-2)18-29(24)46-15-13-45(14-16-46)23-7-9-36-10-8-23)42-34-39-20-25(35)33(43-34)41-27-6-5-26-31(32(27)48(3)4)38-12-11-37-26;/h5-6,11-12,17-21,23,36H,7-10,13-16H2,1-4H3,(H2,39,41,42,43);1H. The van der Waals surface area contributed by atoms with Gasteiger partial charge < -0.3 is 25.6 Å². The van der Waals surface area contributed by atoms with Gasteiger partial charge in [0.15, 0.2) is 5.82 Å². The molecule has 3 N–H and O–H groups in total. The minimum absolute atomic E-state index is 0. The van der Waals surface area contributed by atoms with Crippen LogP contribution in [-0.2, 0) is 7.05 Å². The van der Waals surface area contributed by atoms with E-state index in [0.29, 0.717) is 28.6 Å². The van der Waals surface area contributed by atoms with Gasteiger partial charge in [-0.25, -0.2) is 4.98 Å². The number of rotatable bonds is 9. The van der Waals surface area contributed by atoms with E-state index in [2.05, 4.69) is 71.3 Å². The van der Waals surface area contributed by atoms with Crippen LogP contribution in [0.25, 0.3) is 22.2 Å². The summed E-state index contributed by atoms with van der Waals surface area (Å²) in [6, 6.07) is 8.86. The van der Waals surface area contributed by atoms with Crippen molar-refractivity contribution >= 4 is 77.1 Å². The summed E-state index contributed by atoms with van der Waals surface area (Å²) >= 11 is 6.65. The second-order valence-corrected chi connectivity index (χ2v) is 15.0. The number of benzene rings is 2. The van der Waals surface area contributed by atoms with Crippen LogP contribution in [0.4, 0.5) is 28.8 Å². The number of anilines is 5. The molecule has 49 heavy (non-hydrogen) atoms. The van der Waals surface area contributed by atoms with Crippen LogP contribution in [0.1, 0.15) is 12.8 Å². The van der Waals surface area contributed by atoms with Gasteiger partial charge in [0.2, 0.25) is 5.95 Å². The maximum absolute atomic E-state index is 6.65. The molecule has 0 radical (unpaired) electrons. The predicted molar refractivity (Wildman–Crippen MR) is 204 cm³/mol. The summed E-state index contributed by atoms with van der Waals surface area (Å²) in [6.07, 6.45) is 11.4. The number of aryl methyl sites for hydroxylation is 1.